The van der Waals surface area contributed by atoms with Crippen LogP contribution in [0.2, 0.25) is 0 Å². The van der Waals surface area contributed by atoms with Crippen molar-refractivity contribution in [2.75, 3.05) is 0 Å². The number of thiocarbonyl (C=S) groups is 1. The molecular formula is C10H7BrN2O2S. The molecule has 0 bridgehead atoms. The van der Waals surface area contributed by atoms with E-state index in [1.165, 1.54) is 0 Å². The van der Waals surface area contributed by atoms with Gasteiger partial charge in [-0.3, -0.25) is 10.1 Å². The predicted octanol–water partition coefficient (Wildman–Crippen LogP) is 1.50. The number of hydrogen-bond acceptors (Lipinski definition) is 3. The molecule has 1 fully saturated rings. The van der Waals surface area contributed by atoms with Gasteiger partial charge in [0.15, 0.2) is 5.11 Å². The fraction of sp³-hybridized carbons (Fsp3) is 0. The molecule has 1 heterocycles. The highest BCUT2D eigenvalue weighted by molar-refractivity contribution is 9.10. The van der Waals surface area contributed by atoms with E-state index < -0.39 is 0 Å². The van der Waals surface area contributed by atoms with Crippen LogP contribution in [0.1, 0.15) is 5.56 Å². The summed E-state index contributed by atoms with van der Waals surface area (Å²) in [4.78, 5) is 11.4. The zero-order chi connectivity index (χ0) is 11.7. The fourth-order valence-electron chi connectivity index (χ4n) is 1.26. The van der Waals surface area contributed by atoms with Crippen LogP contribution < -0.4 is 10.6 Å². The summed E-state index contributed by atoms with van der Waals surface area (Å²) in [6, 6.07) is 4.95. The minimum atomic E-state index is -0.255. The van der Waals surface area contributed by atoms with Crippen LogP contribution in [0.25, 0.3) is 6.08 Å². The second kappa shape index (κ2) is 4.23. The molecule has 82 valence electrons. The maximum absolute atomic E-state index is 11.4. The molecule has 0 atom stereocenters. The Balaban J connectivity index is 2.32. The summed E-state index contributed by atoms with van der Waals surface area (Å²) in [6.45, 7) is 0. The van der Waals surface area contributed by atoms with E-state index in [1.807, 2.05) is 0 Å². The Morgan fingerprint density at radius 3 is 2.69 bits per heavy atom. The van der Waals surface area contributed by atoms with Gasteiger partial charge in [0.2, 0.25) is 0 Å². The molecule has 1 amide bonds. The molecule has 1 aromatic rings. The first-order valence-corrected chi connectivity index (χ1v) is 5.59. The van der Waals surface area contributed by atoms with Gasteiger partial charge in [-0.1, -0.05) is 6.07 Å². The van der Waals surface area contributed by atoms with E-state index in [0.29, 0.717) is 15.3 Å². The minimum absolute atomic E-state index is 0.154. The van der Waals surface area contributed by atoms with Crippen LogP contribution in [0.5, 0.6) is 5.75 Å². The van der Waals surface area contributed by atoms with Crippen molar-refractivity contribution in [3.63, 3.8) is 0 Å². The van der Waals surface area contributed by atoms with Crippen LogP contribution in [-0.2, 0) is 4.79 Å². The molecule has 1 aliphatic rings. The minimum Gasteiger partial charge on any atom is -0.507 e. The van der Waals surface area contributed by atoms with Gasteiger partial charge >= 0.3 is 0 Å². The number of amides is 1. The van der Waals surface area contributed by atoms with Crippen molar-refractivity contribution in [3.8, 4) is 5.75 Å². The maximum atomic E-state index is 11.4. The van der Waals surface area contributed by atoms with Crippen molar-refractivity contribution >= 4 is 45.2 Å². The molecule has 16 heavy (non-hydrogen) atoms. The van der Waals surface area contributed by atoms with E-state index in [0.717, 1.165) is 5.56 Å². The number of nitrogens with one attached hydrogen (secondary N) is 2. The van der Waals surface area contributed by atoms with Gasteiger partial charge in [0.25, 0.3) is 5.91 Å². The average Bonchev–Trinajstić information content (AvgIpc) is 2.51. The SMILES string of the molecule is O=C1NC(=S)N/C1=C\c1ccc(O)c(Br)c1. The van der Waals surface area contributed by atoms with E-state index in [2.05, 4.69) is 26.6 Å². The van der Waals surface area contributed by atoms with Crippen molar-refractivity contribution in [1.82, 2.24) is 10.6 Å². The molecule has 0 spiro atoms. The molecule has 1 aromatic carbocycles. The summed E-state index contributed by atoms with van der Waals surface area (Å²) in [6.07, 6.45) is 1.65. The first-order chi connectivity index (χ1) is 7.56. The van der Waals surface area contributed by atoms with Crippen LogP contribution in [0, 0.1) is 0 Å². The van der Waals surface area contributed by atoms with Crippen LogP contribution in [-0.4, -0.2) is 16.1 Å². The second-order valence-corrected chi connectivity index (χ2v) is 4.44. The Bertz CT molecular complexity index is 514. The van der Waals surface area contributed by atoms with Crippen LogP contribution in [0.15, 0.2) is 28.4 Å². The summed E-state index contributed by atoms with van der Waals surface area (Å²) in [5.41, 5.74) is 1.18. The zero-order valence-corrected chi connectivity index (χ0v) is 10.4. The maximum Gasteiger partial charge on any atom is 0.273 e. The fourth-order valence-corrected chi connectivity index (χ4v) is 1.86. The number of hydrogen-bond donors (Lipinski definition) is 3. The summed E-state index contributed by atoms with van der Waals surface area (Å²) in [7, 11) is 0. The van der Waals surface area contributed by atoms with Crippen LogP contribution in [0.4, 0.5) is 0 Å². The Kier molecular flexibility index (Phi) is 2.93. The standard InChI is InChI=1S/C10H7BrN2O2S/c11-6-3-5(1-2-8(6)14)4-7-9(15)13-10(16)12-7/h1-4,14H,(H2,12,13,15,16)/b7-4-. The van der Waals surface area contributed by atoms with Crippen molar-refractivity contribution in [3.05, 3.63) is 33.9 Å². The average molecular weight is 299 g/mol. The van der Waals surface area contributed by atoms with E-state index in [-0.39, 0.29) is 11.7 Å². The van der Waals surface area contributed by atoms with E-state index in [1.54, 1.807) is 24.3 Å². The van der Waals surface area contributed by atoms with Crippen molar-refractivity contribution in [2.45, 2.75) is 0 Å². The highest BCUT2D eigenvalue weighted by Crippen LogP contribution is 2.25. The zero-order valence-electron chi connectivity index (χ0n) is 7.95. The smallest absolute Gasteiger partial charge is 0.273 e. The molecule has 1 saturated heterocycles. The number of rotatable bonds is 1. The highest BCUT2D eigenvalue weighted by Gasteiger charge is 2.19. The Hall–Kier alpha value is -1.40. The normalized spacial score (nSPS) is 17.4. The third kappa shape index (κ3) is 2.23. The quantitative estimate of drug-likeness (QED) is 0.543. The third-order valence-electron chi connectivity index (χ3n) is 2.00. The third-order valence-corrected chi connectivity index (χ3v) is 2.84. The van der Waals surface area contributed by atoms with Gasteiger partial charge in [-0.25, -0.2) is 0 Å². The number of carbonyl (C=O) groups excluding carboxylic acids is 1. The number of carbonyl (C=O) groups is 1. The topological polar surface area (TPSA) is 61.4 Å². The van der Waals surface area contributed by atoms with Gasteiger partial charge in [-0.2, -0.15) is 0 Å². The molecule has 1 aliphatic heterocycles. The lowest BCUT2D eigenvalue weighted by Crippen LogP contribution is -2.21. The molecular weight excluding hydrogens is 292 g/mol. The lowest BCUT2D eigenvalue weighted by atomic mass is 10.2. The lowest BCUT2D eigenvalue weighted by Gasteiger charge is -1.99. The summed E-state index contributed by atoms with van der Waals surface area (Å²) in [5.74, 6) is -0.101. The first kappa shape index (κ1) is 11.1. The summed E-state index contributed by atoms with van der Waals surface area (Å²) < 4.78 is 0.572. The molecule has 0 radical (unpaired) electrons. The van der Waals surface area contributed by atoms with Crippen LogP contribution in [0.3, 0.4) is 0 Å². The molecule has 6 heteroatoms. The van der Waals surface area contributed by atoms with Gasteiger partial charge in [0.1, 0.15) is 11.4 Å². The van der Waals surface area contributed by atoms with Crippen molar-refractivity contribution < 1.29 is 9.90 Å². The lowest BCUT2D eigenvalue weighted by molar-refractivity contribution is -0.115. The van der Waals surface area contributed by atoms with E-state index in [4.69, 9.17) is 12.2 Å². The highest BCUT2D eigenvalue weighted by atomic mass is 79.9. The molecule has 3 N–H and O–H groups in total. The Morgan fingerprint density at radius 1 is 1.38 bits per heavy atom. The largest absolute Gasteiger partial charge is 0.507 e. The summed E-state index contributed by atoms with van der Waals surface area (Å²) in [5, 5.41) is 14.8. The first-order valence-electron chi connectivity index (χ1n) is 4.39. The number of benzene rings is 1. The molecule has 4 nitrogen and oxygen atoms in total. The number of phenols is 1. The Labute approximate surface area is 105 Å². The van der Waals surface area contributed by atoms with Crippen molar-refractivity contribution in [2.24, 2.45) is 0 Å². The monoisotopic (exact) mass is 298 g/mol. The number of phenolic OH excluding ortho intramolecular Hbond substituents is 1. The van der Waals surface area contributed by atoms with Gasteiger partial charge in [-0.05, 0) is 51.9 Å². The van der Waals surface area contributed by atoms with Gasteiger partial charge in [0, 0.05) is 0 Å². The van der Waals surface area contributed by atoms with Crippen LogP contribution >= 0.6 is 28.1 Å². The molecule has 0 aromatic heterocycles. The Morgan fingerprint density at radius 2 is 2.12 bits per heavy atom. The van der Waals surface area contributed by atoms with Gasteiger partial charge in [0.05, 0.1) is 4.47 Å². The van der Waals surface area contributed by atoms with E-state index in [9.17, 15) is 9.90 Å². The molecule has 0 saturated carbocycles. The number of aromatic hydroxyl groups is 1. The molecule has 0 unspecified atom stereocenters. The van der Waals surface area contributed by atoms with Crippen molar-refractivity contribution in [1.29, 1.82) is 0 Å². The molecule has 0 aliphatic carbocycles. The van der Waals surface area contributed by atoms with Gasteiger partial charge in [-0.15, -0.1) is 0 Å². The molecule has 2 rings (SSSR count). The van der Waals surface area contributed by atoms with Gasteiger partial charge < -0.3 is 10.4 Å². The van der Waals surface area contributed by atoms with E-state index >= 15 is 0 Å². The summed E-state index contributed by atoms with van der Waals surface area (Å²) >= 11 is 8.00. The second-order valence-electron chi connectivity index (χ2n) is 3.18. The number of halogens is 1. The predicted molar refractivity (Wildman–Crippen MR) is 67.7 cm³/mol.